The summed E-state index contributed by atoms with van der Waals surface area (Å²) in [4.78, 5) is 17.1. The molecule has 1 N–H and O–H groups in total. The molecule has 7 heteroatoms. The molecular formula is C14H15N3O3S. The van der Waals surface area contributed by atoms with Crippen LogP contribution in [0.4, 0.5) is 0 Å². The van der Waals surface area contributed by atoms with Crippen molar-refractivity contribution in [2.24, 2.45) is 0 Å². The molecule has 0 aliphatic heterocycles. The summed E-state index contributed by atoms with van der Waals surface area (Å²) >= 11 is 1.52. The van der Waals surface area contributed by atoms with Crippen molar-refractivity contribution in [3.8, 4) is 5.75 Å². The van der Waals surface area contributed by atoms with E-state index in [2.05, 4.69) is 10.3 Å². The number of nitrogens with zero attached hydrogens (tertiary/aromatic N) is 2. The lowest BCUT2D eigenvalue weighted by Crippen LogP contribution is -2.27. The Morgan fingerprint density at radius 3 is 3.05 bits per heavy atom. The van der Waals surface area contributed by atoms with Crippen LogP contribution in [0.2, 0.25) is 0 Å². The summed E-state index contributed by atoms with van der Waals surface area (Å²) < 4.78 is 13.1. The number of hydrogen-bond acceptors (Lipinski definition) is 5. The van der Waals surface area contributed by atoms with Crippen LogP contribution in [0.5, 0.6) is 5.75 Å². The summed E-state index contributed by atoms with van der Waals surface area (Å²) in [7, 11) is 3.24. The van der Waals surface area contributed by atoms with Crippen LogP contribution in [0.3, 0.4) is 0 Å². The number of fused-ring (bicyclic) bond motifs is 3. The number of carbonyl (C=O) groups excluding carboxylic acids is 1. The fourth-order valence-electron chi connectivity index (χ4n) is 2.07. The third-order valence-corrected chi connectivity index (χ3v) is 4.14. The van der Waals surface area contributed by atoms with Gasteiger partial charge in [-0.15, -0.1) is 0 Å². The molecule has 3 aromatic rings. The lowest BCUT2D eigenvalue weighted by atomic mass is 10.3. The third kappa shape index (κ3) is 2.57. The van der Waals surface area contributed by atoms with Gasteiger partial charge in [0, 0.05) is 19.9 Å². The number of aromatic nitrogens is 2. The molecule has 0 atom stereocenters. The number of hydrogen-bond donors (Lipinski definition) is 1. The van der Waals surface area contributed by atoms with Gasteiger partial charge in [-0.1, -0.05) is 11.3 Å². The highest BCUT2D eigenvalue weighted by atomic mass is 32.1. The lowest BCUT2D eigenvalue weighted by Gasteiger charge is -2.01. The van der Waals surface area contributed by atoms with E-state index in [4.69, 9.17) is 9.47 Å². The molecule has 1 aromatic carbocycles. The van der Waals surface area contributed by atoms with Crippen molar-refractivity contribution in [2.45, 2.75) is 0 Å². The van der Waals surface area contributed by atoms with Crippen LogP contribution < -0.4 is 10.1 Å². The second-order valence-corrected chi connectivity index (χ2v) is 5.47. The minimum Gasteiger partial charge on any atom is -0.497 e. The highest BCUT2D eigenvalue weighted by Crippen LogP contribution is 2.29. The lowest BCUT2D eigenvalue weighted by molar-refractivity contribution is 0.0933. The van der Waals surface area contributed by atoms with E-state index in [1.54, 1.807) is 20.4 Å². The highest BCUT2D eigenvalue weighted by molar-refractivity contribution is 7.23. The van der Waals surface area contributed by atoms with Crippen molar-refractivity contribution >= 4 is 32.4 Å². The smallest absolute Gasteiger partial charge is 0.271 e. The minimum absolute atomic E-state index is 0.190. The number of thiazole rings is 1. The number of imidazole rings is 1. The van der Waals surface area contributed by atoms with Gasteiger partial charge in [0.15, 0.2) is 4.96 Å². The van der Waals surface area contributed by atoms with Crippen LogP contribution in [0.25, 0.3) is 15.2 Å². The Bertz CT molecular complexity index is 793. The maximum atomic E-state index is 12.0. The summed E-state index contributed by atoms with van der Waals surface area (Å²) in [6.07, 6.45) is 1.75. The largest absolute Gasteiger partial charge is 0.497 e. The van der Waals surface area contributed by atoms with Gasteiger partial charge in [0.2, 0.25) is 0 Å². The van der Waals surface area contributed by atoms with E-state index in [0.29, 0.717) is 18.8 Å². The number of amides is 1. The average molecular weight is 305 g/mol. The Labute approximate surface area is 125 Å². The van der Waals surface area contributed by atoms with E-state index in [1.165, 1.54) is 11.3 Å². The second-order valence-electron chi connectivity index (χ2n) is 4.46. The van der Waals surface area contributed by atoms with Crippen molar-refractivity contribution in [1.29, 1.82) is 0 Å². The average Bonchev–Trinajstić information content (AvgIpc) is 3.04. The summed E-state index contributed by atoms with van der Waals surface area (Å²) in [5.74, 6) is 0.620. The fraction of sp³-hybridized carbons (Fsp3) is 0.286. The number of rotatable bonds is 5. The van der Waals surface area contributed by atoms with Gasteiger partial charge in [-0.25, -0.2) is 4.98 Å². The number of nitrogens with one attached hydrogen (secondary N) is 1. The summed E-state index contributed by atoms with van der Waals surface area (Å²) in [6.45, 7) is 0.954. The molecule has 0 unspecified atom stereocenters. The van der Waals surface area contributed by atoms with Gasteiger partial charge in [0.05, 0.1) is 23.9 Å². The van der Waals surface area contributed by atoms with Gasteiger partial charge < -0.3 is 14.8 Å². The van der Waals surface area contributed by atoms with Gasteiger partial charge in [0.25, 0.3) is 5.91 Å². The second kappa shape index (κ2) is 5.71. The van der Waals surface area contributed by atoms with E-state index in [9.17, 15) is 4.79 Å². The molecule has 1 amide bonds. The highest BCUT2D eigenvalue weighted by Gasteiger charge is 2.14. The molecule has 2 heterocycles. The maximum Gasteiger partial charge on any atom is 0.271 e. The topological polar surface area (TPSA) is 64.9 Å². The van der Waals surface area contributed by atoms with Crippen LogP contribution in [-0.4, -0.2) is 42.7 Å². The monoisotopic (exact) mass is 305 g/mol. The molecule has 6 nitrogen and oxygen atoms in total. The van der Waals surface area contributed by atoms with Gasteiger partial charge >= 0.3 is 0 Å². The zero-order valence-electron chi connectivity index (χ0n) is 11.8. The molecule has 0 bridgehead atoms. The van der Waals surface area contributed by atoms with Crippen LogP contribution in [0.15, 0.2) is 24.4 Å². The van der Waals surface area contributed by atoms with Crippen molar-refractivity contribution in [3.05, 3.63) is 30.1 Å². The van der Waals surface area contributed by atoms with Crippen molar-refractivity contribution < 1.29 is 14.3 Å². The van der Waals surface area contributed by atoms with Crippen LogP contribution >= 0.6 is 11.3 Å². The molecule has 3 rings (SSSR count). The zero-order valence-corrected chi connectivity index (χ0v) is 12.6. The molecule has 21 heavy (non-hydrogen) atoms. The molecule has 110 valence electrons. The summed E-state index contributed by atoms with van der Waals surface area (Å²) in [5, 5.41) is 2.76. The molecule has 0 aliphatic carbocycles. The van der Waals surface area contributed by atoms with Crippen LogP contribution in [0.1, 0.15) is 10.5 Å². The Morgan fingerprint density at radius 2 is 2.29 bits per heavy atom. The normalized spacial score (nSPS) is 11.1. The van der Waals surface area contributed by atoms with Crippen molar-refractivity contribution in [2.75, 3.05) is 27.4 Å². The van der Waals surface area contributed by atoms with E-state index in [1.807, 2.05) is 22.6 Å². The molecule has 0 radical (unpaired) electrons. The van der Waals surface area contributed by atoms with Gasteiger partial charge in [0.1, 0.15) is 11.4 Å². The molecule has 0 saturated heterocycles. The number of methoxy groups -OCH3 is 2. The van der Waals surface area contributed by atoms with E-state index < -0.39 is 0 Å². The molecule has 2 aromatic heterocycles. The fourth-order valence-corrected chi connectivity index (χ4v) is 3.11. The molecule has 0 spiro atoms. The minimum atomic E-state index is -0.190. The van der Waals surface area contributed by atoms with Gasteiger partial charge in [-0.05, 0) is 18.2 Å². The Hall–Kier alpha value is -2.12. The molecule has 0 fully saturated rings. The molecule has 0 saturated carbocycles. The first-order chi connectivity index (χ1) is 10.2. The first-order valence-corrected chi connectivity index (χ1v) is 7.27. The van der Waals surface area contributed by atoms with E-state index >= 15 is 0 Å². The van der Waals surface area contributed by atoms with E-state index in [0.717, 1.165) is 20.9 Å². The molecular weight excluding hydrogens is 290 g/mol. The standard InChI is InChI=1S/C14H15N3O3S/c1-19-6-5-15-13(18)10-8-17-11-4-3-9(20-2)7-12(11)21-14(17)16-10/h3-4,7-8H,5-6H2,1-2H3,(H,15,18). The van der Waals surface area contributed by atoms with E-state index in [-0.39, 0.29) is 5.91 Å². The third-order valence-electron chi connectivity index (χ3n) is 3.13. The van der Waals surface area contributed by atoms with Crippen molar-refractivity contribution in [1.82, 2.24) is 14.7 Å². The maximum absolute atomic E-state index is 12.0. The first kappa shape index (κ1) is 13.8. The van der Waals surface area contributed by atoms with Gasteiger partial charge in [-0.2, -0.15) is 0 Å². The van der Waals surface area contributed by atoms with Gasteiger partial charge in [-0.3, -0.25) is 9.20 Å². The zero-order chi connectivity index (χ0) is 14.8. The number of benzene rings is 1. The summed E-state index contributed by atoms with van der Waals surface area (Å²) in [5.41, 5.74) is 1.43. The predicted octanol–water partition coefficient (Wildman–Crippen LogP) is 1.93. The number of ether oxygens (including phenoxy) is 2. The Balaban J connectivity index is 1.92. The Morgan fingerprint density at radius 1 is 1.43 bits per heavy atom. The Kier molecular flexibility index (Phi) is 3.76. The van der Waals surface area contributed by atoms with Crippen molar-refractivity contribution in [3.63, 3.8) is 0 Å². The quantitative estimate of drug-likeness (QED) is 0.732. The number of carbonyl (C=O) groups is 1. The SMILES string of the molecule is COCCNC(=O)c1cn2c(n1)sc1cc(OC)ccc12. The predicted molar refractivity (Wildman–Crippen MR) is 81.3 cm³/mol. The first-order valence-electron chi connectivity index (χ1n) is 6.45. The van der Waals surface area contributed by atoms with Crippen LogP contribution in [0, 0.1) is 0 Å². The summed E-state index contributed by atoms with van der Waals surface area (Å²) in [6, 6.07) is 5.83. The van der Waals surface area contributed by atoms with Crippen LogP contribution in [-0.2, 0) is 4.74 Å². The molecule has 0 aliphatic rings.